The highest BCUT2D eigenvalue weighted by Crippen LogP contribution is 2.48. The molecule has 2 heterocycles. The summed E-state index contributed by atoms with van der Waals surface area (Å²) in [6, 6.07) is 18.1. The molecule has 310 valence electrons. The van der Waals surface area contributed by atoms with Crippen LogP contribution in [0.4, 0.5) is 22.7 Å². The Morgan fingerprint density at radius 1 is 0.379 bits per heavy atom. The highest BCUT2D eigenvalue weighted by Gasteiger charge is 2.38. The van der Waals surface area contributed by atoms with Gasteiger partial charge in [-0.05, 0) is 199 Å². The molecule has 0 amide bonds. The zero-order valence-corrected chi connectivity index (χ0v) is 43.5. The molecule has 8 heteroatoms. The molecule has 4 nitrogen and oxygen atoms in total. The van der Waals surface area contributed by atoms with Crippen molar-refractivity contribution in [1.29, 1.82) is 0 Å². The molecule has 0 aromatic heterocycles. The van der Waals surface area contributed by atoms with E-state index in [4.69, 9.17) is 0 Å². The van der Waals surface area contributed by atoms with Crippen LogP contribution < -0.4 is 19.6 Å². The molecule has 4 aromatic rings. The van der Waals surface area contributed by atoms with E-state index in [0.717, 1.165) is 56.9 Å². The lowest BCUT2D eigenvalue weighted by Gasteiger charge is -2.36. The van der Waals surface area contributed by atoms with Crippen LogP contribution in [0.1, 0.15) is 112 Å². The van der Waals surface area contributed by atoms with Crippen molar-refractivity contribution in [3.8, 4) is 0 Å². The van der Waals surface area contributed by atoms with Crippen LogP contribution in [0.25, 0.3) is 0 Å². The number of benzene rings is 4. The highest BCUT2D eigenvalue weighted by atomic mass is 79.9. The van der Waals surface area contributed by atoms with Gasteiger partial charge in [-0.25, -0.2) is 0 Å². The number of aryl methyl sites for hydroxylation is 8. The van der Waals surface area contributed by atoms with Gasteiger partial charge >= 0.3 is 0 Å². The zero-order valence-electron chi connectivity index (χ0n) is 37.2. The fraction of sp³-hybridized carbons (Fsp3) is 0.440. The third-order valence-corrected chi connectivity index (χ3v) is 14.4. The zero-order chi connectivity index (χ0) is 42.8. The van der Waals surface area contributed by atoms with Crippen LogP contribution in [0.2, 0.25) is 0 Å². The van der Waals surface area contributed by atoms with Crippen LogP contribution in [0.3, 0.4) is 0 Å². The first kappa shape index (κ1) is 45.0. The van der Waals surface area contributed by atoms with Gasteiger partial charge in [0.15, 0.2) is 0 Å². The van der Waals surface area contributed by atoms with Gasteiger partial charge in [-0.15, -0.1) is 0 Å². The molecule has 0 fully saturated rings. The first-order chi connectivity index (χ1) is 27.0. The van der Waals surface area contributed by atoms with Crippen molar-refractivity contribution >= 4 is 86.5 Å². The molecule has 0 N–H and O–H groups in total. The Balaban J connectivity index is 1.32. The SMILES string of the molecule is CC1=C(CC(C)(C)CCC(C)(C)CC2=C(C)N(c3c(C)cc(Br)cc3C)CN2c2c(C)cc(Br)cc2C)N(c2c(C)cc(Br)cc2C)CN1c1c(C)cc(Br)cc1C. The van der Waals surface area contributed by atoms with E-state index in [9.17, 15) is 0 Å². The molecule has 0 unspecified atom stereocenters. The summed E-state index contributed by atoms with van der Waals surface area (Å²) in [7, 11) is 0. The lowest BCUT2D eigenvalue weighted by Crippen LogP contribution is -2.31. The normalized spacial score (nSPS) is 15.3. The molecule has 0 atom stereocenters. The predicted octanol–water partition coefficient (Wildman–Crippen LogP) is 16.5. The van der Waals surface area contributed by atoms with Gasteiger partial charge in [-0.2, -0.15) is 0 Å². The number of halogens is 4. The lowest BCUT2D eigenvalue weighted by molar-refractivity contribution is 0.234. The standard InChI is InChI=1S/C50H62Br4N4/c1-29-17-39(51)18-30(2)45(29)55-27-57(47-33(5)21-41(53)22-34(47)6)43(37(55)9)25-49(11,12)15-16-50(13,14)26-44-38(10)56(46-31(3)19-40(52)20-32(46)4)28-58(44)48-35(7)23-42(54)24-36(48)8/h17-24H,15-16,25-28H2,1-14H3. The Morgan fingerprint density at radius 3 is 0.810 bits per heavy atom. The fourth-order valence-electron chi connectivity index (χ4n) is 9.78. The number of hydrogen-bond donors (Lipinski definition) is 0. The summed E-state index contributed by atoms with van der Waals surface area (Å²) in [5, 5.41) is 0. The second kappa shape index (κ2) is 17.1. The van der Waals surface area contributed by atoms with Gasteiger partial charge < -0.3 is 19.6 Å². The van der Waals surface area contributed by atoms with Crippen molar-refractivity contribution in [3.05, 3.63) is 134 Å². The van der Waals surface area contributed by atoms with Gasteiger partial charge in [-0.3, -0.25) is 0 Å². The van der Waals surface area contributed by atoms with Crippen molar-refractivity contribution in [2.75, 3.05) is 32.9 Å². The molecule has 4 aromatic carbocycles. The lowest BCUT2D eigenvalue weighted by atomic mass is 9.74. The molecule has 0 saturated carbocycles. The van der Waals surface area contributed by atoms with E-state index in [1.54, 1.807) is 0 Å². The summed E-state index contributed by atoms with van der Waals surface area (Å²) in [4.78, 5) is 10.4. The van der Waals surface area contributed by atoms with Crippen LogP contribution in [-0.2, 0) is 0 Å². The molecular weight excluding hydrogens is 976 g/mol. The third-order valence-electron chi connectivity index (χ3n) is 12.5. The minimum atomic E-state index is 0.0679. The molecule has 0 spiro atoms. The number of anilines is 4. The van der Waals surface area contributed by atoms with Crippen molar-refractivity contribution in [1.82, 2.24) is 0 Å². The molecule has 0 aliphatic carbocycles. The fourth-order valence-corrected chi connectivity index (χ4v) is 12.5. The van der Waals surface area contributed by atoms with E-state index in [0.29, 0.717) is 0 Å². The summed E-state index contributed by atoms with van der Waals surface area (Å²) in [5.74, 6) is 0. The Morgan fingerprint density at radius 2 is 0.586 bits per heavy atom. The quantitative estimate of drug-likeness (QED) is 0.148. The molecule has 2 aliphatic heterocycles. The predicted molar refractivity (Wildman–Crippen MR) is 266 cm³/mol. The average Bonchev–Trinajstić information content (AvgIpc) is 3.53. The average molecular weight is 1040 g/mol. The summed E-state index contributed by atoms with van der Waals surface area (Å²) < 4.78 is 4.53. The minimum Gasteiger partial charge on any atom is -0.325 e. The number of nitrogens with zero attached hydrogens (tertiary/aromatic N) is 4. The van der Waals surface area contributed by atoms with E-state index in [2.05, 4.69) is 229 Å². The Kier molecular flexibility index (Phi) is 13.3. The van der Waals surface area contributed by atoms with Crippen molar-refractivity contribution < 1.29 is 0 Å². The van der Waals surface area contributed by atoms with Gasteiger partial charge in [-0.1, -0.05) is 91.4 Å². The third kappa shape index (κ3) is 9.21. The van der Waals surface area contributed by atoms with Gasteiger partial charge in [0.2, 0.25) is 0 Å². The van der Waals surface area contributed by atoms with E-state index in [-0.39, 0.29) is 10.8 Å². The second-order valence-corrected chi connectivity index (χ2v) is 22.5. The summed E-state index contributed by atoms with van der Waals surface area (Å²) in [5.41, 5.74) is 21.3. The Bertz CT molecular complexity index is 2080. The van der Waals surface area contributed by atoms with Crippen LogP contribution in [0.15, 0.2) is 89.2 Å². The Labute approximate surface area is 383 Å². The summed E-state index contributed by atoms with van der Waals surface area (Å²) >= 11 is 15.0. The van der Waals surface area contributed by atoms with Crippen molar-refractivity contribution in [2.45, 2.75) is 123 Å². The smallest absolute Gasteiger partial charge is 0.0995 e. The number of allylic oxidation sites excluding steroid dienone is 4. The maximum Gasteiger partial charge on any atom is 0.0995 e. The minimum absolute atomic E-state index is 0.0679. The molecule has 0 saturated heterocycles. The van der Waals surface area contributed by atoms with Gasteiger partial charge in [0.25, 0.3) is 0 Å². The van der Waals surface area contributed by atoms with Crippen molar-refractivity contribution in [2.24, 2.45) is 10.8 Å². The maximum absolute atomic E-state index is 3.77. The maximum atomic E-state index is 3.77. The molecule has 0 bridgehead atoms. The van der Waals surface area contributed by atoms with E-state index < -0.39 is 0 Å². The van der Waals surface area contributed by atoms with Crippen LogP contribution in [0, 0.1) is 66.2 Å². The van der Waals surface area contributed by atoms with E-state index >= 15 is 0 Å². The monoisotopic (exact) mass is 1030 g/mol. The topological polar surface area (TPSA) is 13.0 Å². The summed E-state index contributed by atoms with van der Waals surface area (Å²) in [6.45, 7) is 34.3. The molecule has 6 rings (SSSR count). The molecule has 0 radical (unpaired) electrons. The molecular formula is C50H62Br4N4. The summed E-state index contributed by atoms with van der Waals surface area (Å²) in [6.07, 6.45) is 4.24. The largest absolute Gasteiger partial charge is 0.325 e. The Hall–Kier alpha value is -2.52. The molecule has 58 heavy (non-hydrogen) atoms. The van der Waals surface area contributed by atoms with Crippen LogP contribution in [0.5, 0.6) is 0 Å². The molecule has 2 aliphatic rings. The number of hydrogen-bond acceptors (Lipinski definition) is 4. The van der Waals surface area contributed by atoms with Gasteiger partial charge in [0, 0.05) is 63.4 Å². The van der Waals surface area contributed by atoms with Crippen LogP contribution >= 0.6 is 63.7 Å². The van der Waals surface area contributed by atoms with E-state index in [1.807, 2.05) is 0 Å². The van der Waals surface area contributed by atoms with Gasteiger partial charge in [0.1, 0.15) is 0 Å². The number of rotatable bonds is 11. The first-order valence-corrected chi connectivity index (χ1v) is 23.7. The van der Waals surface area contributed by atoms with Crippen LogP contribution in [-0.4, -0.2) is 13.3 Å². The van der Waals surface area contributed by atoms with Crippen molar-refractivity contribution in [3.63, 3.8) is 0 Å². The van der Waals surface area contributed by atoms with E-state index in [1.165, 1.54) is 90.0 Å². The first-order valence-electron chi connectivity index (χ1n) is 20.5. The second-order valence-electron chi connectivity index (χ2n) is 18.8. The van der Waals surface area contributed by atoms with Gasteiger partial charge in [0.05, 0.1) is 13.3 Å². The highest BCUT2D eigenvalue weighted by molar-refractivity contribution is 9.11.